The summed E-state index contributed by atoms with van der Waals surface area (Å²) in [7, 11) is 6.09. The highest BCUT2D eigenvalue weighted by Crippen LogP contribution is 1.96. The zero-order valence-corrected chi connectivity index (χ0v) is 8.11. The van der Waals surface area contributed by atoms with E-state index >= 15 is 0 Å². The third kappa shape index (κ3) is 4.38. The SMILES string of the molecule is CC.[CH2-][NH+](C)C1CCNCC1. The molecule has 1 atom stereocenters. The summed E-state index contributed by atoms with van der Waals surface area (Å²) in [5.41, 5.74) is 0. The summed E-state index contributed by atoms with van der Waals surface area (Å²) in [4.78, 5) is 1.36. The van der Waals surface area contributed by atoms with E-state index < -0.39 is 0 Å². The minimum absolute atomic E-state index is 0.797. The molecule has 2 heteroatoms. The fraction of sp³-hybridized carbons (Fsp3) is 0.889. The average Bonchev–Trinajstić information content (AvgIpc) is 2.10. The van der Waals surface area contributed by atoms with Gasteiger partial charge in [0.15, 0.2) is 0 Å². The minimum atomic E-state index is 0.797. The van der Waals surface area contributed by atoms with Crippen molar-refractivity contribution in [1.29, 1.82) is 0 Å². The van der Waals surface area contributed by atoms with E-state index in [2.05, 4.69) is 19.4 Å². The number of quaternary nitrogens is 1. The molecule has 1 aliphatic heterocycles. The highest BCUT2D eigenvalue weighted by Gasteiger charge is 2.14. The van der Waals surface area contributed by atoms with E-state index in [4.69, 9.17) is 0 Å². The third-order valence-electron chi connectivity index (χ3n) is 2.04. The lowest BCUT2D eigenvalue weighted by Gasteiger charge is -2.30. The fourth-order valence-electron chi connectivity index (χ4n) is 1.31. The van der Waals surface area contributed by atoms with Gasteiger partial charge in [0.25, 0.3) is 0 Å². The van der Waals surface area contributed by atoms with Crippen molar-refractivity contribution in [3.8, 4) is 0 Å². The van der Waals surface area contributed by atoms with Gasteiger partial charge in [-0.05, 0) is 0 Å². The zero-order valence-electron chi connectivity index (χ0n) is 8.11. The smallest absolute Gasteiger partial charge is 0.0657 e. The van der Waals surface area contributed by atoms with Crippen molar-refractivity contribution in [2.75, 3.05) is 20.1 Å². The van der Waals surface area contributed by atoms with Crippen molar-refractivity contribution in [3.63, 3.8) is 0 Å². The molecule has 1 unspecified atom stereocenters. The van der Waals surface area contributed by atoms with Gasteiger partial charge in [0.1, 0.15) is 0 Å². The highest BCUT2D eigenvalue weighted by atomic mass is 15.1. The van der Waals surface area contributed by atoms with E-state index in [1.807, 2.05) is 13.8 Å². The van der Waals surface area contributed by atoms with E-state index in [9.17, 15) is 0 Å². The lowest BCUT2D eigenvalue weighted by molar-refractivity contribution is -0.861. The predicted octanol–water partition coefficient (Wildman–Crippen LogP) is 0.0709. The van der Waals surface area contributed by atoms with Crippen LogP contribution in [0.1, 0.15) is 26.7 Å². The monoisotopic (exact) mass is 158 g/mol. The van der Waals surface area contributed by atoms with Gasteiger partial charge in [-0.3, -0.25) is 0 Å². The van der Waals surface area contributed by atoms with Gasteiger partial charge in [-0.1, -0.05) is 13.8 Å². The maximum Gasteiger partial charge on any atom is 0.0657 e. The Morgan fingerprint density at radius 2 is 1.73 bits per heavy atom. The molecule has 0 spiro atoms. The molecule has 1 heterocycles. The van der Waals surface area contributed by atoms with E-state index in [1.54, 1.807) is 0 Å². The van der Waals surface area contributed by atoms with Crippen molar-refractivity contribution in [3.05, 3.63) is 7.05 Å². The normalized spacial score (nSPS) is 21.8. The molecule has 2 N–H and O–H groups in total. The molecular formula is C9H22N2. The van der Waals surface area contributed by atoms with Gasteiger partial charge in [-0.15, -0.1) is 0 Å². The first kappa shape index (κ1) is 10.9. The van der Waals surface area contributed by atoms with Gasteiger partial charge in [0.2, 0.25) is 0 Å². The summed E-state index contributed by atoms with van der Waals surface area (Å²) in [6.45, 7) is 6.36. The average molecular weight is 158 g/mol. The highest BCUT2D eigenvalue weighted by molar-refractivity contribution is 4.65. The quantitative estimate of drug-likeness (QED) is 0.516. The van der Waals surface area contributed by atoms with Crippen molar-refractivity contribution >= 4 is 0 Å². The second-order valence-electron chi connectivity index (χ2n) is 2.87. The zero-order chi connectivity index (χ0) is 8.69. The van der Waals surface area contributed by atoms with Crippen LogP contribution < -0.4 is 10.2 Å². The summed E-state index contributed by atoms with van der Waals surface area (Å²) in [5, 5.41) is 3.33. The summed E-state index contributed by atoms with van der Waals surface area (Å²) in [6.07, 6.45) is 2.57. The Kier molecular flexibility index (Phi) is 6.57. The van der Waals surface area contributed by atoms with Crippen LogP contribution in [0.4, 0.5) is 0 Å². The molecule has 0 bridgehead atoms. The van der Waals surface area contributed by atoms with Gasteiger partial charge in [0.05, 0.1) is 6.04 Å². The molecule has 1 fully saturated rings. The second-order valence-corrected chi connectivity index (χ2v) is 2.87. The molecule has 0 aliphatic carbocycles. The topological polar surface area (TPSA) is 16.5 Å². The van der Waals surface area contributed by atoms with Crippen LogP contribution in [0.3, 0.4) is 0 Å². The molecule has 11 heavy (non-hydrogen) atoms. The summed E-state index contributed by atoms with van der Waals surface area (Å²) >= 11 is 0. The first-order valence-corrected chi connectivity index (χ1v) is 4.67. The van der Waals surface area contributed by atoms with Crippen LogP contribution in [-0.4, -0.2) is 26.2 Å². The Labute approximate surface area is 71.0 Å². The Morgan fingerprint density at radius 1 is 1.27 bits per heavy atom. The molecule has 1 saturated heterocycles. The van der Waals surface area contributed by atoms with Gasteiger partial charge < -0.3 is 10.2 Å². The molecule has 0 aromatic carbocycles. The van der Waals surface area contributed by atoms with Crippen LogP contribution in [0.5, 0.6) is 0 Å². The van der Waals surface area contributed by atoms with Crippen LogP contribution in [0.25, 0.3) is 0 Å². The van der Waals surface area contributed by atoms with E-state index in [1.165, 1.54) is 30.8 Å². The molecular weight excluding hydrogens is 136 g/mol. The van der Waals surface area contributed by atoms with Crippen molar-refractivity contribution in [2.45, 2.75) is 32.7 Å². The predicted molar refractivity (Wildman–Crippen MR) is 49.5 cm³/mol. The third-order valence-corrected chi connectivity index (χ3v) is 2.04. The second kappa shape index (κ2) is 6.62. The Balaban J connectivity index is 0.000000461. The van der Waals surface area contributed by atoms with Crippen LogP contribution in [0.2, 0.25) is 0 Å². The summed E-state index contributed by atoms with van der Waals surface area (Å²) in [5.74, 6) is 0. The number of nitrogens with one attached hydrogen (secondary N) is 2. The molecule has 0 saturated carbocycles. The van der Waals surface area contributed by atoms with Crippen LogP contribution >= 0.6 is 0 Å². The van der Waals surface area contributed by atoms with Crippen LogP contribution in [0, 0.1) is 7.05 Å². The molecule has 0 radical (unpaired) electrons. The van der Waals surface area contributed by atoms with Crippen LogP contribution in [-0.2, 0) is 0 Å². The fourth-order valence-corrected chi connectivity index (χ4v) is 1.31. The molecule has 1 rings (SSSR count). The van der Waals surface area contributed by atoms with Gasteiger partial charge in [0, 0.05) is 33.0 Å². The Hall–Kier alpha value is -0.0800. The van der Waals surface area contributed by atoms with Gasteiger partial charge in [-0.25, -0.2) is 0 Å². The first-order chi connectivity index (χ1) is 5.30. The van der Waals surface area contributed by atoms with E-state index in [0.29, 0.717) is 0 Å². The maximum atomic E-state index is 3.95. The van der Waals surface area contributed by atoms with Crippen molar-refractivity contribution in [2.24, 2.45) is 0 Å². The molecule has 0 amide bonds. The molecule has 0 aromatic heterocycles. The summed E-state index contributed by atoms with van der Waals surface area (Å²) < 4.78 is 0. The van der Waals surface area contributed by atoms with E-state index in [0.717, 1.165) is 6.04 Å². The maximum absolute atomic E-state index is 3.95. The number of hydrogen-bond donors (Lipinski definition) is 2. The number of hydrogen-bond acceptors (Lipinski definition) is 1. The van der Waals surface area contributed by atoms with Gasteiger partial charge >= 0.3 is 0 Å². The lowest BCUT2D eigenvalue weighted by atomic mass is 10.1. The minimum Gasteiger partial charge on any atom is -0.468 e. The largest absolute Gasteiger partial charge is 0.468 e. The van der Waals surface area contributed by atoms with Crippen molar-refractivity contribution in [1.82, 2.24) is 5.32 Å². The number of rotatable bonds is 1. The van der Waals surface area contributed by atoms with E-state index in [-0.39, 0.29) is 0 Å². The molecule has 0 aromatic rings. The molecule has 1 aliphatic rings. The Bertz CT molecular complexity index is 75.6. The summed E-state index contributed by atoms with van der Waals surface area (Å²) in [6, 6.07) is 0.797. The molecule has 2 nitrogen and oxygen atoms in total. The van der Waals surface area contributed by atoms with Crippen molar-refractivity contribution < 1.29 is 4.90 Å². The number of piperidine rings is 1. The Morgan fingerprint density at radius 3 is 2.00 bits per heavy atom. The standard InChI is InChI=1S/C7H16N2.C2H6/c1-9(2)7-3-5-8-6-4-7;1-2/h7-9H,1,3-6H2,2H3;1-2H3. The molecule has 68 valence electrons. The van der Waals surface area contributed by atoms with Gasteiger partial charge in [-0.2, -0.15) is 7.05 Å². The lowest BCUT2D eigenvalue weighted by Crippen LogP contribution is -3.08. The first-order valence-electron chi connectivity index (χ1n) is 4.67. The van der Waals surface area contributed by atoms with Crippen LogP contribution in [0.15, 0.2) is 0 Å².